The third-order valence-corrected chi connectivity index (χ3v) is 1.38. The third-order valence-electron chi connectivity index (χ3n) is 1.03. The van der Waals surface area contributed by atoms with Crippen LogP contribution in [0.1, 0.15) is 10.4 Å². The molecule has 1 rings (SSSR count). The summed E-state index contributed by atoms with van der Waals surface area (Å²) in [6, 6.07) is 6.92. The summed E-state index contributed by atoms with van der Waals surface area (Å²) < 4.78 is 31.6. The van der Waals surface area contributed by atoms with Crippen molar-refractivity contribution in [2.45, 2.75) is 0 Å². The van der Waals surface area contributed by atoms with Crippen LogP contribution in [0.5, 0.6) is 0 Å². The Bertz CT molecular complexity index is 398. The number of benzene rings is 1. The summed E-state index contributed by atoms with van der Waals surface area (Å²) in [6.07, 6.45) is 0.738. The first kappa shape index (κ1) is 17.4. The summed E-state index contributed by atoms with van der Waals surface area (Å²) in [5, 5.41) is 0.507. The van der Waals surface area contributed by atoms with Crippen LogP contribution < -0.4 is 0 Å². The van der Waals surface area contributed by atoms with Gasteiger partial charge in [-0.2, -0.15) is 8.42 Å². The van der Waals surface area contributed by atoms with E-state index in [0.717, 1.165) is 6.29 Å². The summed E-state index contributed by atoms with van der Waals surface area (Å²) >= 11 is 5.59. The summed E-state index contributed by atoms with van der Waals surface area (Å²) in [4.78, 5) is 10.1. The van der Waals surface area contributed by atoms with Crippen molar-refractivity contribution >= 4 is 57.8 Å². The van der Waals surface area contributed by atoms with Crippen LogP contribution in [0, 0.1) is 0 Å². The normalized spacial score (nSPS) is 9.27. The molecule has 0 amide bonds. The van der Waals surface area contributed by atoms with Crippen LogP contribution >= 0.6 is 11.6 Å². The van der Waals surface area contributed by atoms with E-state index in [9.17, 15) is 4.79 Å². The second-order valence-corrected chi connectivity index (χ2v) is 3.39. The number of rotatable bonds is 1. The van der Waals surface area contributed by atoms with E-state index < -0.39 is 10.4 Å². The minimum absolute atomic E-state index is 0. The van der Waals surface area contributed by atoms with Crippen molar-refractivity contribution in [1.82, 2.24) is 0 Å². The molecule has 0 radical (unpaired) electrons. The molecule has 1 aromatic rings. The fourth-order valence-corrected chi connectivity index (χ4v) is 0.751. The van der Waals surface area contributed by atoms with Crippen molar-refractivity contribution in [3.05, 3.63) is 34.9 Å². The van der Waals surface area contributed by atoms with Crippen LogP contribution in [-0.4, -0.2) is 53.4 Å². The number of hydrogen-bond acceptors (Lipinski definition) is 3. The van der Waals surface area contributed by atoms with Gasteiger partial charge in [-0.15, -0.1) is 0 Å². The van der Waals surface area contributed by atoms with Crippen molar-refractivity contribution in [2.75, 3.05) is 0 Å². The van der Waals surface area contributed by atoms with E-state index in [1.54, 1.807) is 24.3 Å². The van der Waals surface area contributed by atoms with Crippen molar-refractivity contribution in [3.8, 4) is 0 Å². The standard InChI is InChI=1S/C7H5ClO.Na.H2O4S.H/c8-7-4-2-1-3-6(7)5-9;;1-5(2,3)4;/h1-5H;;(H2,1,2,3,4);. The van der Waals surface area contributed by atoms with Gasteiger partial charge in [-0.1, -0.05) is 29.8 Å². The Morgan fingerprint density at radius 1 is 1.20 bits per heavy atom. The Balaban J connectivity index is 0. The molecule has 0 fully saturated rings. The SMILES string of the molecule is O=Cc1ccccc1Cl.O=S(=O)(O)O.[NaH]. The fourth-order valence-electron chi connectivity index (χ4n) is 0.571. The zero-order valence-electron chi connectivity index (χ0n) is 6.79. The van der Waals surface area contributed by atoms with E-state index in [0.29, 0.717) is 10.6 Å². The Labute approximate surface area is 114 Å². The summed E-state index contributed by atoms with van der Waals surface area (Å²) in [5.41, 5.74) is 0.541. The summed E-state index contributed by atoms with van der Waals surface area (Å²) in [5.74, 6) is 0. The number of carbonyl (C=O) groups is 1. The molecule has 15 heavy (non-hydrogen) atoms. The van der Waals surface area contributed by atoms with Gasteiger partial charge >= 0.3 is 40.0 Å². The van der Waals surface area contributed by atoms with Gasteiger partial charge < -0.3 is 0 Å². The van der Waals surface area contributed by atoms with Crippen molar-refractivity contribution in [3.63, 3.8) is 0 Å². The van der Waals surface area contributed by atoms with E-state index in [-0.39, 0.29) is 29.6 Å². The Morgan fingerprint density at radius 3 is 1.87 bits per heavy atom. The molecule has 0 aliphatic rings. The first-order valence-corrected chi connectivity index (χ1v) is 5.01. The molecular formula is C7H8ClNaO5S. The molecule has 0 aromatic heterocycles. The number of aldehydes is 1. The van der Waals surface area contributed by atoms with Gasteiger partial charge in [0.15, 0.2) is 6.29 Å². The molecule has 2 N–H and O–H groups in total. The summed E-state index contributed by atoms with van der Waals surface area (Å²) in [7, 11) is -4.67. The predicted molar refractivity (Wildman–Crippen MR) is 58.2 cm³/mol. The van der Waals surface area contributed by atoms with Crippen LogP contribution in [0.25, 0.3) is 0 Å². The van der Waals surface area contributed by atoms with Gasteiger partial charge in [0.25, 0.3) is 0 Å². The summed E-state index contributed by atoms with van der Waals surface area (Å²) in [6.45, 7) is 0. The van der Waals surface area contributed by atoms with Crippen LogP contribution in [0.2, 0.25) is 5.02 Å². The molecule has 0 aliphatic carbocycles. The fraction of sp³-hybridized carbons (Fsp3) is 0. The Morgan fingerprint density at radius 2 is 1.60 bits per heavy atom. The van der Waals surface area contributed by atoms with Gasteiger partial charge in [0.05, 0.1) is 5.02 Å². The quantitative estimate of drug-likeness (QED) is 0.445. The van der Waals surface area contributed by atoms with Crippen LogP contribution in [0.15, 0.2) is 24.3 Å². The van der Waals surface area contributed by atoms with Gasteiger partial charge in [0.2, 0.25) is 0 Å². The molecular weight excluding hydrogens is 255 g/mol. The maximum atomic E-state index is 10.1. The molecule has 0 bridgehead atoms. The second-order valence-electron chi connectivity index (χ2n) is 2.09. The molecule has 8 heteroatoms. The molecule has 0 atom stereocenters. The molecule has 0 aliphatic heterocycles. The van der Waals surface area contributed by atoms with Gasteiger partial charge in [0.1, 0.15) is 0 Å². The topological polar surface area (TPSA) is 91.7 Å². The molecule has 0 spiro atoms. The molecule has 0 unspecified atom stereocenters. The van der Waals surface area contributed by atoms with E-state index >= 15 is 0 Å². The van der Waals surface area contributed by atoms with Gasteiger partial charge in [-0.3, -0.25) is 13.9 Å². The Kier molecular flexibility index (Phi) is 9.57. The predicted octanol–water partition coefficient (Wildman–Crippen LogP) is 0.851. The van der Waals surface area contributed by atoms with E-state index in [2.05, 4.69) is 0 Å². The minimum atomic E-state index is -4.67. The van der Waals surface area contributed by atoms with Crippen LogP contribution in [-0.2, 0) is 10.4 Å². The average Bonchev–Trinajstić information content (AvgIpc) is 2.02. The van der Waals surface area contributed by atoms with Gasteiger partial charge in [-0.05, 0) is 6.07 Å². The molecule has 1 aromatic carbocycles. The Hall–Kier alpha value is 0.0500. The van der Waals surface area contributed by atoms with E-state index in [4.69, 9.17) is 29.1 Å². The maximum absolute atomic E-state index is 10.1. The van der Waals surface area contributed by atoms with Gasteiger partial charge in [0, 0.05) is 5.56 Å². The molecule has 5 nitrogen and oxygen atoms in total. The van der Waals surface area contributed by atoms with Crippen LogP contribution in [0.4, 0.5) is 0 Å². The van der Waals surface area contributed by atoms with E-state index in [1.165, 1.54) is 0 Å². The first-order valence-electron chi connectivity index (χ1n) is 3.24. The number of halogens is 1. The first-order chi connectivity index (χ1) is 6.34. The van der Waals surface area contributed by atoms with Gasteiger partial charge in [-0.25, -0.2) is 0 Å². The zero-order chi connectivity index (χ0) is 11.2. The number of hydrogen-bond donors (Lipinski definition) is 2. The second kappa shape index (κ2) is 8.23. The molecule has 80 valence electrons. The van der Waals surface area contributed by atoms with Crippen molar-refractivity contribution < 1.29 is 22.3 Å². The monoisotopic (exact) mass is 262 g/mol. The zero-order valence-corrected chi connectivity index (χ0v) is 8.36. The van der Waals surface area contributed by atoms with Crippen molar-refractivity contribution in [1.29, 1.82) is 0 Å². The van der Waals surface area contributed by atoms with E-state index in [1.807, 2.05) is 0 Å². The van der Waals surface area contributed by atoms with Crippen molar-refractivity contribution in [2.24, 2.45) is 0 Å². The molecule has 0 saturated heterocycles. The number of carbonyl (C=O) groups excluding carboxylic acids is 1. The van der Waals surface area contributed by atoms with Crippen LogP contribution in [0.3, 0.4) is 0 Å². The average molecular weight is 263 g/mol. The molecule has 0 heterocycles. The third kappa shape index (κ3) is 12.0. The molecule has 0 saturated carbocycles.